The van der Waals surface area contributed by atoms with Crippen molar-refractivity contribution in [2.24, 2.45) is 5.92 Å². The zero-order valence-corrected chi connectivity index (χ0v) is 19.2. The smallest absolute Gasteiger partial charge is 0.290 e. The minimum atomic E-state index is -0.290. The number of ether oxygens (including phenoxy) is 1. The Kier molecular flexibility index (Phi) is 9.02. The third-order valence-corrected chi connectivity index (χ3v) is 6.63. The number of amides is 2. The van der Waals surface area contributed by atoms with Crippen molar-refractivity contribution >= 4 is 18.3 Å². The first-order valence-electron chi connectivity index (χ1n) is 11.6. The number of hydrogen-bond acceptors (Lipinski definition) is 6. The highest BCUT2D eigenvalue weighted by molar-refractivity contribution is 5.93. The quantitative estimate of drug-likeness (QED) is 0.561. The molecule has 2 bridgehead atoms. The molecule has 0 unspecified atom stereocenters. The highest BCUT2D eigenvalue weighted by atomic mass is 16.5. The van der Waals surface area contributed by atoms with Crippen LogP contribution in [0.2, 0.25) is 0 Å². The molecule has 3 aliphatic heterocycles. The molecule has 0 aromatic carbocycles. The van der Waals surface area contributed by atoms with Gasteiger partial charge in [0.2, 0.25) is 5.91 Å². The van der Waals surface area contributed by atoms with Crippen molar-refractivity contribution in [3.05, 3.63) is 33.7 Å². The van der Waals surface area contributed by atoms with Gasteiger partial charge in [-0.3, -0.25) is 19.2 Å². The molecule has 3 aliphatic rings. The van der Waals surface area contributed by atoms with E-state index in [1.807, 2.05) is 11.0 Å². The van der Waals surface area contributed by atoms with Gasteiger partial charge in [0.25, 0.3) is 17.9 Å². The van der Waals surface area contributed by atoms with E-state index in [2.05, 4.69) is 10.2 Å². The van der Waals surface area contributed by atoms with E-state index in [9.17, 15) is 14.4 Å². The van der Waals surface area contributed by atoms with Crippen molar-refractivity contribution in [1.29, 1.82) is 0 Å². The normalized spacial score (nSPS) is 21.5. The summed E-state index contributed by atoms with van der Waals surface area (Å²) < 4.78 is 6.80. The molecule has 0 aliphatic carbocycles. The van der Waals surface area contributed by atoms with Crippen LogP contribution in [-0.2, 0) is 20.9 Å². The predicted octanol–water partition coefficient (Wildman–Crippen LogP) is 0.357. The van der Waals surface area contributed by atoms with E-state index < -0.39 is 0 Å². The van der Waals surface area contributed by atoms with Crippen molar-refractivity contribution in [3.63, 3.8) is 0 Å². The van der Waals surface area contributed by atoms with Gasteiger partial charge in [-0.2, -0.15) is 0 Å². The second-order valence-electron chi connectivity index (χ2n) is 8.84. The Labute approximate surface area is 193 Å². The first-order valence-corrected chi connectivity index (χ1v) is 11.6. The maximum absolute atomic E-state index is 13.1. The summed E-state index contributed by atoms with van der Waals surface area (Å²) in [5.74, 6) is 0.204. The summed E-state index contributed by atoms with van der Waals surface area (Å²) in [5, 5.41) is 9.80. The first-order chi connectivity index (χ1) is 16.0. The monoisotopic (exact) mass is 462 g/mol. The van der Waals surface area contributed by atoms with Crippen LogP contribution in [0.5, 0.6) is 0 Å². The molecule has 1 aromatic rings. The molecule has 2 amide bonds. The summed E-state index contributed by atoms with van der Waals surface area (Å²) in [6, 6.07) is 3.56. The molecule has 2 saturated heterocycles. The van der Waals surface area contributed by atoms with E-state index in [1.165, 1.54) is 12.8 Å². The molecule has 10 nitrogen and oxygen atoms in total. The Hall–Kier alpha value is -2.72. The second-order valence-corrected chi connectivity index (χ2v) is 8.84. The third kappa shape index (κ3) is 6.20. The molecule has 0 saturated carbocycles. The molecular formula is C23H34N4O6. The number of rotatable bonds is 7. The summed E-state index contributed by atoms with van der Waals surface area (Å²) in [5.41, 5.74) is 0.947. The molecule has 33 heavy (non-hydrogen) atoms. The highest BCUT2D eigenvalue weighted by Gasteiger charge is 2.36. The van der Waals surface area contributed by atoms with Gasteiger partial charge in [0, 0.05) is 51.4 Å². The lowest BCUT2D eigenvalue weighted by Gasteiger charge is -2.43. The molecule has 2 N–H and O–H groups in total. The van der Waals surface area contributed by atoms with Gasteiger partial charge in [0.05, 0.1) is 13.0 Å². The number of carbonyl (C=O) groups is 3. The summed E-state index contributed by atoms with van der Waals surface area (Å²) in [6.45, 7) is 5.59. The minimum absolute atomic E-state index is 0.108. The molecular weight excluding hydrogens is 428 g/mol. The fourth-order valence-electron chi connectivity index (χ4n) is 5.10. The van der Waals surface area contributed by atoms with E-state index >= 15 is 0 Å². The fraction of sp³-hybridized carbons (Fsp3) is 0.652. The zero-order valence-electron chi connectivity index (χ0n) is 19.2. The van der Waals surface area contributed by atoms with Crippen molar-refractivity contribution in [2.45, 2.75) is 38.1 Å². The predicted molar refractivity (Wildman–Crippen MR) is 121 cm³/mol. The van der Waals surface area contributed by atoms with Crippen LogP contribution in [0.25, 0.3) is 0 Å². The number of nitrogens with zero attached hydrogens (tertiary/aromatic N) is 3. The number of hydrogen-bond donors (Lipinski definition) is 2. The molecule has 0 spiro atoms. The van der Waals surface area contributed by atoms with Crippen LogP contribution >= 0.6 is 0 Å². The van der Waals surface area contributed by atoms with Crippen LogP contribution in [0.15, 0.2) is 16.9 Å². The standard InChI is InChI=1S/C22H32N4O4.CH2O2/c1-30-11-6-20(27)25-13-16-12-17(15-25)19-5-4-18(22(29)26(19)14-16)21(28)23-7-10-24-8-2-3-9-24;2-1-3/h4-5,16-17H,2-3,6-15H2,1H3,(H,23,28);1H,(H,2,3)/t16-,17+;/m0./s1. The van der Waals surface area contributed by atoms with Gasteiger partial charge in [-0.15, -0.1) is 0 Å². The molecule has 182 valence electrons. The number of aromatic nitrogens is 1. The van der Waals surface area contributed by atoms with Gasteiger partial charge in [0.15, 0.2) is 0 Å². The van der Waals surface area contributed by atoms with Crippen molar-refractivity contribution < 1.29 is 24.2 Å². The van der Waals surface area contributed by atoms with Gasteiger partial charge in [-0.05, 0) is 50.4 Å². The number of fused-ring (bicyclic) bond motifs is 4. The van der Waals surface area contributed by atoms with Gasteiger partial charge in [0.1, 0.15) is 5.56 Å². The van der Waals surface area contributed by atoms with Crippen LogP contribution in [-0.4, -0.2) is 90.7 Å². The van der Waals surface area contributed by atoms with Crippen molar-refractivity contribution in [2.75, 3.05) is 53.0 Å². The maximum atomic E-state index is 13.1. The number of carboxylic acid groups (broad SMARTS) is 1. The molecule has 4 heterocycles. The Morgan fingerprint density at radius 2 is 1.94 bits per heavy atom. The van der Waals surface area contributed by atoms with Gasteiger partial charge in [-0.25, -0.2) is 0 Å². The molecule has 4 rings (SSSR count). The minimum Gasteiger partial charge on any atom is -0.483 e. The van der Waals surface area contributed by atoms with Gasteiger partial charge < -0.3 is 29.5 Å². The number of carbonyl (C=O) groups excluding carboxylic acids is 2. The molecule has 0 radical (unpaired) electrons. The van der Waals surface area contributed by atoms with E-state index in [-0.39, 0.29) is 41.2 Å². The van der Waals surface area contributed by atoms with Crippen LogP contribution in [0.4, 0.5) is 0 Å². The highest BCUT2D eigenvalue weighted by Crippen LogP contribution is 2.35. The van der Waals surface area contributed by atoms with E-state index in [1.54, 1.807) is 17.7 Å². The number of piperidine rings is 1. The van der Waals surface area contributed by atoms with E-state index in [0.29, 0.717) is 39.2 Å². The number of pyridine rings is 1. The fourth-order valence-corrected chi connectivity index (χ4v) is 5.10. The summed E-state index contributed by atoms with van der Waals surface area (Å²) in [4.78, 5) is 50.7. The largest absolute Gasteiger partial charge is 0.483 e. The van der Waals surface area contributed by atoms with Crippen molar-refractivity contribution in [1.82, 2.24) is 19.7 Å². The number of nitrogens with one attached hydrogen (secondary N) is 1. The lowest BCUT2D eigenvalue weighted by molar-refractivity contribution is -0.134. The van der Waals surface area contributed by atoms with Crippen LogP contribution < -0.4 is 10.9 Å². The first kappa shape index (κ1) is 24.9. The Morgan fingerprint density at radius 1 is 1.21 bits per heavy atom. The third-order valence-electron chi connectivity index (χ3n) is 6.63. The molecule has 10 heteroatoms. The molecule has 2 atom stereocenters. The second kappa shape index (κ2) is 11.9. The van der Waals surface area contributed by atoms with Gasteiger partial charge in [-0.1, -0.05) is 0 Å². The number of methoxy groups -OCH3 is 1. The van der Waals surface area contributed by atoms with Crippen LogP contribution in [0.3, 0.4) is 0 Å². The lowest BCUT2D eigenvalue weighted by Crippen LogP contribution is -2.50. The topological polar surface area (TPSA) is 121 Å². The Balaban J connectivity index is 0.000000968. The van der Waals surface area contributed by atoms with Crippen LogP contribution in [0, 0.1) is 5.92 Å². The average molecular weight is 463 g/mol. The van der Waals surface area contributed by atoms with E-state index in [4.69, 9.17) is 14.6 Å². The Morgan fingerprint density at radius 3 is 2.64 bits per heavy atom. The maximum Gasteiger partial charge on any atom is 0.290 e. The molecule has 1 aromatic heterocycles. The average Bonchev–Trinajstić information content (AvgIpc) is 3.32. The summed E-state index contributed by atoms with van der Waals surface area (Å²) in [7, 11) is 1.60. The van der Waals surface area contributed by atoms with E-state index in [0.717, 1.165) is 31.7 Å². The lowest BCUT2D eigenvalue weighted by atomic mass is 9.83. The Bertz CT molecular complexity index is 895. The SMILES string of the molecule is COCCC(=O)N1C[C@@H]2C[C@H](C1)c1ccc(C(=O)NCCN3CCCC3)c(=O)n1C2.O=CO. The van der Waals surface area contributed by atoms with Crippen molar-refractivity contribution in [3.8, 4) is 0 Å². The van der Waals surface area contributed by atoms with Crippen LogP contribution in [0.1, 0.15) is 47.7 Å². The molecule has 2 fully saturated rings. The zero-order chi connectivity index (χ0) is 23.8. The van der Waals surface area contributed by atoms with Gasteiger partial charge >= 0.3 is 0 Å². The summed E-state index contributed by atoms with van der Waals surface area (Å²) >= 11 is 0. The summed E-state index contributed by atoms with van der Waals surface area (Å²) in [6.07, 6.45) is 3.81. The number of likely N-dealkylation sites (tertiary alicyclic amines) is 2.